The van der Waals surface area contributed by atoms with E-state index in [2.05, 4.69) is 4.98 Å². The second-order valence-corrected chi connectivity index (χ2v) is 5.34. The normalized spacial score (nSPS) is 15.7. The molecule has 2 aromatic rings. The van der Waals surface area contributed by atoms with Gasteiger partial charge in [0, 0.05) is 12.4 Å². The molecule has 21 heavy (non-hydrogen) atoms. The zero-order valence-electron chi connectivity index (χ0n) is 12.2. The number of hydrogen-bond donors (Lipinski definition) is 0. The van der Waals surface area contributed by atoms with E-state index in [4.69, 9.17) is 9.47 Å². The van der Waals surface area contributed by atoms with Gasteiger partial charge in [0.2, 0.25) is 0 Å². The summed E-state index contributed by atoms with van der Waals surface area (Å²) in [7, 11) is 1.48. The summed E-state index contributed by atoms with van der Waals surface area (Å²) in [5.74, 6) is 0.954. The highest BCUT2D eigenvalue weighted by Crippen LogP contribution is 2.34. The van der Waals surface area contributed by atoms with E-state index in [1.54, 1.807) is 24.5 Å². The number of fused-ring (bicyclic) bond motifs is 1. The molecule has 0 amide bonds. The predicted molar refractivity (Wildman–Crippen MR) is 79.6 cm³/mol. The van der Waals surface area contributed by atoms with Crippen LogP contribution in [0.3, 0.4) is 0 Å². The Kier molecular flexibility index (Phi) is 3.05. The quantitative estimate of drug-likeness (QED) is 0.849. The van der Waals surface area contributed by atoms with Crippen LogP contribution in [0.25, 0.3) is 5.70 Å². The molecule has 0 fully saturated rings. The molecule has 0 saturated heterocycles. The van der Waals surface area contributed by atoms with Crippen LogP contribution in [0.1, 0.15) is 19.5 Å². The Morgan fingerprint density at radius 3 is 2.86 bits per heavy atom. The number of ether oxygens (including phenoxy) is 2. The summed E-state index contributed by atoms with van der Waals surface area (Å²) in [5.41, 5.74) is 0.604. The average molecular weight is 284 g/mol. The summed E-state index contributed by atoms with van der Waals surface area (Å²) >= 11 is 0. The Hall–Kier alpha value is -2.56. The molecule has 5 nitrogen and oxygen atoms in total. The zero-order valence-corrected chi connectivity index (χ0v) is 12.2. The van der Waals surface area contributed by atoms with Crippen molar-refractivity contribution in [3.63, 3.8) is 0 Å². The number of nitrogens with zero attached hydrogens (tertiary/aromatic N) is 2. The number of pyridine rings is 2. The topological polar surface area (TPSA) is 53.4 Å². The van der Waals surface area contributed by atoms with Crippen LogP contribution in [0.4, 0.5) is 0 Å². The molecule has 0 bridgehead atoms. The molecule has 5 heteroatoms. The van der Waals surface area contributed by atoms with Crippen molar-refractivity contribution in [2.75, 3.05) is 7.11 Å². The lowest BCUT2D eigenvalue weighted by molar-refractivity contribution is 0.156. The highest BCUT2D eigenvalue weighted by atomic mass is 16.5. The molecule has 0 saturated carbocycles. The molecule has 3 rings (SSSR count). The second kappa shape index (κ2) is 4.77. The van der Waals surface area contributed by atoms with Crippen LogP contribution in [-0.4, -0.2) is 22.3 Å². The Morgan fingerprint density at radius 1 is 1.29 bits per heavy atom. The minimum Gasteiger partial charge on any atom is -0.491 e. The van der Waals surface area contributed by atoms with Crippen LogP contribution in [0.15, 0.2) is 47.5 Å². The number of methoxy groups -OCH3 is 1. The summed E-state index contributed by atoms with van der Waals surface area (Å²) in [6.45, 7) is 3.88. The van der Waals surface area contributed by atoms with Gasteiger partial charge in [-0.2, -0.15) is 0 Å². The van der Waals surface area contributed by atoms with Gasteiger partial charge in [0.05, 0.1) is 12.8 Å². The largest absolute Gasteiger partial charge is 0.491 e. The molecular weight excluding hydrogens is 268 g/mol. The van der Waals surface area contributed by atoms with Crippen molar-refractivity contribution in [1.29, 1.82) is 0 Å². The van der Waals surface area contributed by atoms with Crippen LogP contribution in [0, 0.1) is 0 Å². The van der Waals surface area contributed by atoms with Crippen molar-refractivity contribution in [2.24, 2.45) is 0 Å². The Bertz CT molecular complexity index is 775. The first-order valence-corrected chi connectivity index (χ1v) is 6.65. The van der Waals surface area contributed by atoms with Gasteiger partial charge in [0.1, 0.15) is 17.0 Å². The van der Waals surface area contributed by atoms with Crippen LogP contribution in [0.5, 0.6) is 11.5 Å². The fourth-order valence-electron chi connectivity index (χ4n) is 2.38. The third-order valence-electron chi connectivity index (χ3n) is 3.26. The lowest BCUT2D eigenvalue weighted by Gasteiger charge is -2.30. The van der Waals surface area contributed by atoms with Crippen molar-refractivity contribution in [2.45, 2.75) is 19.4 Å². The van der Waals surface area contributed by atoms with Gasteiger partial charge in [-0.3, -0.25) is 14.3 Å². The molecule has 0 radical (unpaired) electrons. The van der Waals surface area contributed by atoms with Gasteiger partial charge >= 0.3 is 0 Å². The predicted octanol–water partition coefficient (Wildman–Crippen LogP) is 2.31. The molecule has 0 spiro atoms. The van der Waals surface area contributed by atoms with E-state index >= 15 is 0 Å². The van der Waals surface area contributed by atoms with Gasteiger partial charge in [-0.1, -0.05) is 0 Å². The summed E-state index contributed by atoms with van der Waals surface area (Å²) < 4.78 is 12.5. The van der Waals surface area contributed by atoms with Crippen LogP contribution in [0.2, 0.25) is 0 Å². The fraction of sp³-hybridized carbons (Fsp3) is 0.250. The van der Waals surface area contributed by atoms with E-state index in [1.807, 2.05) is 32.1 Å². The second-order valence-electron chi connectivity index (χ2n) is 5.34. The first-order chi connectivity index (χ1) is 10.0. The number of aromatic nitrogens is 2. The molecule has 1 aliphatic heterocycles. The molecular formula is C16H16N2O3. The maximum atomic E-state index is 12.4. The van der Waals surface area contributed by atoms with Crippen LogP contribution in [-0.2, 0) is 0 Å². The third-order valence-corrected chi connectivity index (χ3v) is 3.26. The molecule has 2 aromatic heterocycles. The summed E-state index contributed by atoms with van der Waals surface area (Å²) in [6.07, 6.45) is 5.28. The number of rotatable bonds is 2. The van der Waals surface area contributed by atoms with Crippen molar-refractivity contribution in [3.8, 4) is 11.5 Å². The van der Waals surface area contributed by atoms with E-state index in [-0.39, 0.29) is 5.56 Å². The van der Waals surface area contributed by atoms with Gasteiger partial charge in [-0.05, 0) is 44.2 Å². The smallest absolute Gasteiger partial charge is 0.297 e. The Labute approximate surface area is 122 Å². The minimum absolute atomic E-state index is 0.222. The van der Waals surface area contributed by atoms with Crippen LogP contribution < -0.4 is 15.0 Å². The summed E-state index contributed by atoms with van der Waals surface area (Å²) in [6, 6.07) is 7.07. The van der Waals surface area contributed by atoms with E-state index in [9.17, 15) is 4.79 Å². The lowest BCUT2D eigenvalue weighted by Crippen LogP contribution is -2.32. The molecule has 0 unspecified atom stereocenters. The average Bonchev–Trinajstić information content (AvgIpc) is 2.46. The molecule has 0 aromatic carbocycles. The van der Waals surface area contributed by atoms with Gasteiger partial charge in [0.25, 0.3) is 5.56 Å². The fourth-order valence-corrected chi connectivity index (χ4v) is 2.38. The maximum absolute atomic E-state index is 12.4. The minimum atomic E-state index is -0.520. The number of hydrogen-bond acceptors (Lipinski definition) is 4. The molecule has 1 aliphatic rings. The Morgan fingerprint density at radius 2 is 2.10 bits per heavy atom. The molecule has 3 heterocycles. The molecule has 0 aliphatic carbocycles. The van der Waals surface area contributed by atoms with Crippen LogP contribution >= 0.6 is 0 Å². The zero-order chi connectivity index (χ0) is 15.0. The summed E-state index contributed by atoms with van der Waals surface area (Å²) in [5, 5.41) is 0. The standard InChI is InChI=1S/C16H16N2O3/c1-16(2)10-11(14-12(21-16)6-4-8-17-14)18-9-5-7-13(20-3)15(18)19/h4-10H,1-3H3. The van der Waals surface area contributed by atoms with Gasteiger partial charge in [0.15, 0.2) is 5.75 Å². The van der Waals surface area contributed by atoms with E-state index in [0.717, 1.165) is 0 Å². The lowest BCUT2D eigenvalue weighted by atomic mass is 10.0. The maximum Gasteiger partial charge on any atom is 0.297 e. The summed E-state index contributed by atoms with van der Waals surface area (Å²) in [4.78, 5) is 16.8. The van der Waals surface area contributed by atoms with Crippen molar-refractivity contribution in [3.05, 3.63) is 58.8 Å². The Balaban J connectivity index is 2.26. The molecule has 108 valence electrons. The highest BCUT2D eigenvalue weighted by molar-refractivity contribution is 5.70. The van der Waals surface area contributed by atoms with E-state index in [1.165, 1.54) is 11.7 Å². The highest BCUT2D eigenvalue weighted by Gasteiger charge is 2.28. The first kappa shape index (κ1) is 13.4. The van der Waals surface area contributed by atoms with Gasteiger partial charge < -0.3 is 9.47 Å². The third kappa shape index (κ3) is 2.31. The van der Waals surface area contributed by atoms with Gasteiger partial charge in [-0.25, -0.2) is 0 Å². The van der Waals surface area contributed by atoms with Crippen molar-refractivity contribution in [1.82, 2.24) is 9.55 Å². The van der Waals surface area contributed by atoms with E-state index in [0.29, 0.717) is 22.9 Å². The monoisotopic (exact) mass is 284 g/mol. The van der Waals surface area contributed by atoms with Crippen molar-refractivity contribution < 1.29 is 9.47 Å². The van der Waals surface area contributed by atoms with Crippen molar-refractivity contribution >= 4 is 5.70 Å². The SMILES string of the molecule is COc1cccn(C2=CC(C)(C)Oc3cccnc32)c1=O. The van der Waals surface area contributed by atoms with Gasteiger partial charge in [-0.15, -0.1) is 0 Å². The molecule has 0 atom stereocenters. The molecule has 0 N–H and O–H groups in total. The van der Waals surface area contributed by atoms with E-state index < -0.39 is 5.60 Å². The first-order valence-electron chi connectivity index (χ1n) is 6.65.